The van der Waals surface area contributed by atoms with E-state index in [9.17, 15) is 60.3 Å². The van der Waals surface area contributed by atoms with Crippen molar-refractivity contribution in [3.05, 3.63) is 59.2 Å². The summed E-state index contributed by atoms with van der Waals surface area (Å²) in [5.74, 6) is -10.9. The largest absolute Gasteiger partial charge is 0.508 e. The van der Waals surface area contributed by atoms with Crippen LogP contribution < -0.4 is 0 Å². The number of benzene rings is 3. The van der Waals surface area contributed by atoms with E-state index in [1.165, 1.54) is 30.3 Å². The Hall–Kier alpha value is -5.71. The fourth-order valence-electron chi connectivity index (χ4n) is 4.73. The van der Waals surface area contributed by atoms with Gasteiger partial charge in [-0.05, 0) is 35.9 Å². The fraction of sp³-hybridized carbons (Fsp3) is 0.207. The van der Waals surface area contributed by atoms with E-state index in [1.807, 2.05) is 0 Å². The molecular formula is C29H24O16. The van der Waals surface area contributed by atoms with Gasteiger partial charge in [-0.3, -0.25) is 0 Å². The predicted molar refractivity (Wildman–Crippen MR) is 145 cm³/mol. The number of carbonyl (C=O) groups is 3. The third kappa shape index (κ3) is 5.67. The summed E-state index contributed by atoms with van der Waals surface area (Å²) in [6.45, 7) is -0.862. The van der Waals surface area contributed by atoms with Gasteiger partial charge >= 0.3 is 17.9 Å². The number of esters is 3. The Morgan fingerprint density at radius 2 is 1.33 bits per heavy atom. The van der Waals surface area contributed by atoms with Crippen LogP contribution in [0, 0.1) is 0 Å². The first-order valence-corrected chi connectivity index (χ1v) is 12.9. The fourth-order valence-corrected chi connectivity index (χ4v) is 4.73. The minimum Gasteiger partial charge on any atom is -0.508 e. The van der Waals surface area contributed by atoms with Crippen LogP contribution in [0.4, 0.5) is 0 Å². The van der Waals surface area contributed by atoms with Crippen LogP contribution in [0.1, 0.15) is 26.3 Å². The van der Waals surface area contributed by atoms with Gasteiger partial charge < -0.3 is 64.9 Å². The van der Waals surface area contributed by atoms with E-state index < -0.39 is 112 Å². The molecule has 0 aromatic heterocycles. The molecule has 236 valence electrons. The molecule has 0 bridgehead atoms. The maximum Gasteiger partial charge on any atom is 0.339 e. The lowest BCUT2D eigenvalue weighted by Crippen LogP contribution is -2.61. The van der Waals surface area contributed by atoms with Gasteiger partial charge in [-0.15, -0.1) is 0 Å². The second-order valence-corrected chi connectivity index (χ2v) is 9.89. The zero-order valence-electron chi connectivity index (χ0n) is 22.6. The van der Waals surface area contributed by atoms with Crippen LogP contribution >= 0.6 is 0 Å². The molecule has 5 atom stereocenters. The van der Waals surface area contributed by atoms with Crippen LogP contribution in [0.25, 0.3) is 17.2 Å². The number of cyclic esters (lactones) is 1. The van der Waals surface area contributed by atoms with Crippen LogP contribution in [-0.2, 0) is 23.7 Å². The first-order valence-electron chi connectivity index (χ1n) is 12.9. The molecule has 0 amide bonds. The summed E-state index contributed by atoms with van der Waals surface area (Å²) in [7, 11) is 0. The van der Waals surface area contributed by atoms with Gasteiger partial charge in [0.2, 0.25) is 17.8 Å². The monoisotopic (exact) mass is 628 g/mol. The summed E-state index contributed by atoms with van der Waals surface area (Å²) in [6.07, 6.45) is -7.22. The highest BCUT2D eigenvalue weighted by Crippen LogP contribution is 2.52. The van der Waals surface area contributed by atoms with Gasteiger partial charge in [-0.25, -0.2) is 14.4 Å². The van der Waals surface area contributed by atoms with E-state index >= 15 is 0 Å². The Kier molecular flexibility index (Phi) is 8.03. The summed E-state index contributed by atoms with van der Waals surface area (Å²) < 4.78 is 21.2. The molecule has 0 unspecified atom stereocenters. The van der Waals surface area contributed by atoms with Crippen molar-refractivity contribution in [3.63, 3.8) is 0 Å². The van der Waals surface area contributed by atoms with Crippen LogP contribution in [0.2, 0.25) is 0 Å². The minimum absolute atomic E-state index is 0.00900. The molecule has 0 spiro atoms. The van der Waals surface area contributed by atoms with E-state index in [1.54, 1.807) is 0 Å². The van der Waals surface area contributed by atoms with Crippen LogP contribution in [0.3, 0.4) is 0 Å². The molecular weight excluding hydrogens is 604 g/mol. The highest BCUT2D eigenvalue weighted by Gasteiger charge is 2.49. The Labute approximate surface area is 251 Å². The van der Waals surface area contributed by atoms with Crippen molar-refractivity contribution < 1.29 is 79.3 Å². The van der Waals surface area contributed by atoms with E-state index in [4.69, 9.17) is 18.9 Å². The number of fused-ring (bicyclic) bond motifs is 4. The smallest absolute Gasteiger partial charge is 0.339 e. The van der Waals surface area contributed by atoms with Crippen molar-refractivity contribution in [1.29, 1.82) is 0 Å². The molecule has 16 heteroatoms. The van der Waals surface area contributed by atoms with Crippen molar-refractivity contribution in [2.45, 2.75) is 30.7 Å². The summed E-state index contributed by atoms with van der Waals surface area (Å²) >= 11 is 0. The lowest BCUT2D eigenvalue weighted by molar-refractivity contribution is -0.290. The van der Waals surface area contributed by atoms with Crippen LogP contribution in [-0.4, -0.2) is 101 Å². The molecule has 0 aliphatic carbocycles. The second-order valence-electron chi connectivity index (χ2n) is 9.89. The maximum absolute atomic E-state index is 13.4. The predicted octanol–water partition coefficient (Wildman–Crippen LogP) is 0.692. The zero-order chi connectivity index (χ0) is 32.7. The standard InChI is InChI=1S/C29H24O16/c30-11-4-1-10(2-5-11)3-6-17(33)44-29-25(39)24(38)26-16(43-29)9-42-27(40)12-7-14(31)20(34)22(36)18(12)19-13(28(41)45-26)8-15(32)21(35)23(19)37/h1-8,16,24-26,29-32,34-39H,9H2/b6-3+/t16-,24-,25-,26+,29+/m1/s1. The summed E-state index contributed by atoms with van der Waals surface area (Å²) in [5.41, 5.74) is -2.77. The SMILES string of the molecule is O=C(/C=C/c1ccc(O)cc1)O[C@@H]1O[C@@H]2COC(=O)c3cc(O)c(O)c(O)c3-c3c(cc(O)c(O)c3O)C(=O)O[C@@H]2[C@H](O)[C@H]1O. The number of phenolic OH excluding ortho intramolecular Hbond substituents is 7. The molecule has 3 aromatic rings. The van der Waals surface area contributed by atoms with E-state index in [2.05, 4.69) is 0 Å². The van der Waals surface area contributed by atoms with Crippen molar-refractivity contribution in [1.82, 2.24) is 0 Å². The van der Waals surface area contributed by atoms with Gasteiger partial charge in [-0.1, -0.05) is 12.1 Å². The van der Waals surface area contributed by atoms with E-state index in [-0.39, 0.29) is 5.75 Å². The zero-order valence-corrected chi connectivity index (χ0v) is 22.6. The molecule has 2 heterocycles. The van der Waals surface area contributed by atoms with Crippen molar-refractivity contribution in [2.24, 2.45) is 0 Å². The first kappa shape index (κ1) is 30.7. The van der Waals surface area contributed by atoms with Crippen molar-refractivity contribution >= 4 is 24.0 Å². The number of aliphatic hydroxyl groups excluding tert-OH is 2. The molecule has 0 radical (unpaired) electrons. The highest BCUT2D eigenvalue weighted by molar-refractivity contribution is 6.08. The lowest BCUT2D eigenvalue weighted by Gasteiger charge is -2.41. The molecule has 9 N–H and O–H groups in total. The number of hydrogen-bond donors (Lipinski definition) is 9. The average Bonchev–Trinajstić information content (AvgIpc) is 3.02. The second kappa shape index (κ2) is 11.8. The molecule has 0 saturated carbocycles. The number of hydrogen-bond acceptors (Lipinski definition) is 16. The third-order valence-electron chi connectivity index (χ3n) is 7.00. The number of rotatable bonds is 3. The average molecular weight is 628 g/mol. The lowest BCUT2D eigenvalue weighted by atomic mass is 9.92. The van der Waals surface area contributed by atoms with E-state index in [0.29, 0.717) is 17.7 Å². The Morgan fingerprint density at radius 1 is 0.778 bits per heavy atom. The number of phenols is 7. The highest BCUT2D eigenvalue weighted by atomic mass is 16.7. The van der Waals surface area contributed by atoms with Crippen LogP contribution in [0.15, 0.2) is 42.5 Å². The van der Waals surface area contributed by atoms with Gasteiger partial charge in [0.05, 0.1) is 11.1 Å². The van der Waals surface area contributed by atoms with Gasteiger partial charge in [0.15, 0.2) is 29.1 Å². The van der Waals surface area contributed by atoms with Crippen LogP contribution in [0.5, 0.6) is 40.2 Å². The molecule has 2 aliphatic rings. The molecule has 45 heavy (non-hydrogen) atoms. The maximum atomic E-state index is 13.4. The Bertz CT molecular complexity index is 1710. The normalized spacial score (nSPS) is 23.1. The molecule has 3 aromatic carbocycles. The number of aromatic hydroxyl groups is 7. The molecule has 5 rings (SSSR count). The van der Waals surface area contributed by atoms with Gasteiger partial charge in [-0.2, -0.15) is 0 Å². The van der Waals surface area contributed by atoms with Crippen molar-refractivity contribution in [2.75, 3.05) is 6.61 Å². The van der Waals surface area contributed by atoms with Gasteiger partial charge in [0, 0.05) is 17.2 Å². The molecule has 1 saturated heterocycles. The summed E-state index contributed by atoms with van der Waals surface area (Å²) in [5, 5.41) is 92.8. The number of carbonyl (C=O) groups excluding carboxylic acids is 3. The Morgan fingerprint density at radius 3 is 1.91 bits per heavy atom. The number of aliphatic hydroxyl groups is 2. The summed E-state index contributed by atoms with van der Waals surface area (Å²) in [4.78, 5) is 39.1. The van der Waals surface area contributed by atoms with Crippen molar-refractivity contribution in [3.8, 4) is 51.4 Å². The summed E-state index contributed by atoms with van der Waals surface area (Å²) in [6, 6.07) is 6.91. The molecule has 1 fully saturated rings. The van der Waals surface area contributed by atoms with E-state index in [0.717, 1.165) is 6.08 Å². The minimum atomic E-state index is -2.06. The Balaban J connectivity index is 1.52. The van der Waals surface area contributed by atoms with Gasteiger partial charge in [0.25, 0.3) is 0 Å². The third-order valence-corrected chi connectivity index (χ3v) is 7.00. The number of ether oxygens (including phenoxy) is 4. The topological polar surface area (TPSA) is 270 Å². The first-order chi connectivity index (χ1) is 21.3. The van der Waals surface area contributed by atoms with Gasteiger partial charge in [0.1, 0.15) is 30.7 Å². The quantitative estimate of drug-likeness (QED) is 0.0835. The molecule has 2 aliphatic heterocycles. The molecule has 16 nitrogen and oxygen atoms in total.